The number of amidine groups is 1. The number of aliphatic hydroxyl groups is 1. The third-order valence-corrected chi connectivity index (χ3v) is 7.37. The van der Waals surface area contributed by atoms with Crippen molar-refractivity contribution < 1.29 is 45.1 Å². The predicted octanol–water partition coefficient (Wildman–Crippen LogP) is 3.50. The van der Waals surface area contributed by atoms with Crippen molar-refractivity contribution in [2.24, 2.45) is 4.99 Å². The molecule has 0 aromatic heterocycles. The number of rotatable bonds is 8. The maximum atomic E-state index is 13.3. The molecule has 0 amide bonds. The monoisotopic (exact) mass is 443 g/mol. The number of hydrogen-bond donors (Lipinski definition) is 3. The lowest BCUT2D eigenvalue weighted by atomic mass is 10.0. The van der Waals surface area contributed by atoms with Crippen LogP contribution in [0.25, 0.3) is 0 Å². The quantitative estimate of drug-likeness (QED) is 0.393. The first-order chi connectivity index (χ1) is 12.6. The first-order valence-electron chi connectivity index (χ1n) is 8.44. The molecule has 166 valence electrons. The van der Waals surface area contributed by atoms with Gasteiger partial charge in [-0.05, 0) is 27.2 Å². The molecule has 1 rings (SSSR count). The zero-order valence-electron chi connectivity index (χ0n) is 15.7. The highest BCUT2D eigenvalue weighted by Gasteiger charge is 2.73. The van der Waals surface area contributed by atoms with Gasteiger partial charge in [0.25, 0.3) is 5.66 Å². The highest BCUT2D eigenvalue weighted by Crippen LogP contribution is 2.63. The Balaban J connectivity index is 3.37. The van der Waals surface area contributed by atoms with Crippen molar-refractivity contribution in [1.82, 2.24) is 10.6 Å². The van der Waals surface area contributed by atoms with Gasteiger partial charge in [-0.3, -0.25) is 4.57 Å². The van der Waals surface area contributed by atoms with Crippen molar-refractivity contribution in [2.45, 2.75) is 70.1 Å². The SMILES string of the molecule is CCOP(=O)(OCC)[C@@](C)(CC)CC1=N[C@H](O)NC(C(F)(F)F)(C(F)(F)F)N1. The van der Waals surface area contributed by atoms with Gasteiger partial charge >= 0.3 is 19.9 Å². The molecule has 7 nitrogen and oxygen atoms in total. The van der Waals surface area contributed by atoms with Gasteiger partial charge in [-0.1, -0.05) is 6.92 Å². The Hall–Kier alpha value is -0.880. The van der Waals surface area contributed by atoms with Crippen molar-refractivity contribution >= 4 is 13.4 Å². The average Bonchev–Trinajstić information content (AvgIpc) is 2.52. The van der Waals surface area contributed by atoms with Crippen LogP contribution < -0.4 is 10.6 Å². The van der Waals surface area contributed by atoms with E-state index in [0.29, 0.717) is 0 Å². The Morgan fingerprint density at radius 3 is 1.93 bits per heavy atom. The van der Waals surface area contributed by atoms with Gasteiger partial charge in [-0.2, -0.15) is 26.3 Å². The molecule has 0 radical (unpaired) electrons. The number of halogens is 6. The summed E-state index contributed by atoms with van der Waals surface area (Å²) in [5, 5.41) is 10.4. The van der Waals surface area contributed by atoms with Crippen molar-refractivity contribution in [2.75, 3.05) is 13.2 Å². The van der Waals surface area contributed by atoms with Crippen LogP contribution in [0.4, 0.5) is 26.3 Å². The van der Waals surface area contributed by atoms with E-state index in [1.165, 1.54) is 33.0 Å². The summed E-state index contributed by atoms with van der Waals surface area (Å²) in [4.78, 5) is 3.39. The van der Waals surface area contributed by atoms with E-state index in [0.717, 1.165) is 5.32 Å². The molecule has 0 aromatic carbocycles. The Morgan fingerprint density at radius 1 is 1.11 bits per heavy atom. The molecule has 0 saturated heterocycles. The van der Waals surface area contributed by atoms with Gasteiger partial charge in [0, 0.05) is 6.42 Å². The molecule has 1 aliphatic rings. The topological polar surface area (TPSA) is 92.2 Å². The minimum atomic E-state index is -5.86. The first kappa shape index (κ1) is 25.2. The number of aliphatic hydroxyl groups excluding tert-OH is 1. The molecule has 0 spiro atoms. The molecule has 2 atom stereocenters. The van der Waals surface area contributed by atoms with E-state index in [1.54, 1.807) is 0 Å². The fourth-order valence-corrected chi connectivity index (χ4v) is 4.79. The van der Waals surface area contributed by atoms with Crippen molar-refractivity contribution in [3.05, 3.63) is 0 Å². The average molecular weight is 443 g/mol. The second-order valence-electron chi connectivity index (χ2n) is 6.32. The van der Waals surface area contributed by atoms with E-state index in [2.05, 4.69) is 4.99 Å². The summed E-state index contributed by atoms with van der Waals surface area (Å²) in [6.45, 7) is 5.82. The maximum absolute atomic E-state index is 13.3. The normalized spacial score (nSPS) is 23.0. The van der Waals surface area contributed by atoms with Crippen LogP contribution in [0, 0.1) is 0 Å². The Bertz CT molecular complexity index is 603. The summed E-state index contributed by atoms with van der Waals surface area (Å²) in [6, 6.07) is 0. The van der Waals surface area contributed by atoms with Crippen LogP contribution in [0.15, 0.2) is 4.99 Å². The van der Waals surface area contributed by atoms with Gasteiger partial charge in [-0.15, -0.1) is 0 Å². The van der Waals surface area contributed by atoms with E-state index in [9.17, 15) is 36.0 Å². The Kier molecular flexibility index (Phi) is 7.61. The molecule has 1 aliphatic heterocycles. The molecular formula is C14H24F6N3O4P. The molecule has 28 heavy (non-hydrogen) atoms. The molecule has 14 heteroatoms. The molecule has 0 saturated carbocycles. The zero-order chi connectivity index (χ0) is 22.0. The number of hydrogen-bond acceptors (Lipinski definition) is 7. The van der Waals surface area contributed by atoms with Crippen LogP contribution in [-0.2, 0) is 13.6 Å². The van der Waals surface area contributed by atoms with Gasteiger partial charge in [-0.25, -0.2) is 10.3 Å². The van der Waals surface area contributed by atoms with Gasteiger partial charge in [0.15, 0.2) is 0 Å². The molecule has 0 fully saturated rings. The lowest BCUT2D eigenvalue weighted by Crippen LogP contribution is -2.78. The van der Waals surface area contributed by atoms with Gasteiger partial charge in [0.05, 0.1) is 18.4 Å². The third-order valence-electron chi connectivity index (χ3n) is 4.38. The molecule has 0 unspecified atom stereocenters. The standard InChI is InChI=1S/C14H24F6N3O4P/c1-5-11(4,28(25,26-6-2)27-7-3)8-9-21-10(24)23-12(22-9,13(15,16)17)14(18,19)20/h10,23-24H,5-8H2,1-4H3,(H,21,22)/t10-,11-/m0/s1. The molecule has 3 N–H and O–H groups in total. The second-order valence-corrected chi connectivity index (χ2v) is 8.92. The van der Waals surface area contributed by atoms with Crippen LogP contribution in [0.2, 0.25) is 0 Å². The van der Waals surface area contributed by atoms with Crippen molar-refractivity contribution in [3.63, 3.8) is 0 Å². The minimum absolute atomic E-state index is 0.0273. The lowest BCUT2D eigenvalue weighted by Gasteiger charge is -2.44. The van der Waals surface area contributed by atoms with Gasteiger partial charge in [0.2, 0.25) is 6.35 Å². The highest BCUT2D eigenvalue weighted by atomic mass is 31.2. The number of nitrogens with one attached hydrogen (secondary N) is 2. The van der Waals surface area contributed by atoms with E-state index in [-0.39, 0.29) is 19.6 Å². The summed E-state index contributed by atoms with van der Waals surface area (Å²) in [5.74, 6) is -0.829. The van der Waals surface area contributed by atoms with Crippen molar-refractivity contribution in [1.29, 1.82) is 0 Å². The largest absolute Gasteiger partial charge is 0.434 e. The number of nitrogens with zero attached hydrogens (tertiary/aromatic N) is 1. The van der Waals surface area contributed by atoms with Crippen LogP contribution in [0.3, 0.4) is 0 Å². The fourth-order valence-electron chi connectivity index (χ4n) is 2.68. The smallest absolute Gasteiger partial charge is 0.359 e. The highest BCUT2D eigenvalue weighted by molar-refractivity contribution is 7.55. The van der Waals surface area contributed by atoms with E-state index >= 15 is 0 Å². The number of aliphatic imine (C=N–C) groups is 1. The van der Waals surface area contributed by atoms with Crippen LogP contribution in [0.1, 0.15) is 40.5 Å². The first-order valence-corrected chi connectivity index (χ1v) is 9.99. The Labute approximate surface area is 158 Å². The molecule has 0 bridgehead atoms. The summed E-state index contributed by atoms with van der Waals surface area (Å²) < 4.78 is 103. The van der Waals surface area contributed by atoms with Crippen LogP contribution in [-0.4, -0.2) is 53.7 Å². The third kappa shape index (κ3) is 4.64. The second kappa shape index (κ2) is 8.47. The van der Waals surface area contributed by atoms with E-state index in [1.807, 2.05) is 0 Å². The fraction of sp³-hybridized carbons (Fsp3) is 0.929. The van der Waals surface area contributed by atoms with E-state index in [4.69, 9.17) is 9.05 Å². The summed E-state index contributed by atoms with van der Waals surface area (Å²) in [7, 11) is -3.94. The van der Waals surface area contributed by atoms with Crippen molar-refractivity contribution in [3.8, 4) is 0 Å². The summed E-state index contributed by atoms with van der Waals surface area (Å²) in [5.41, 5.74) is -4.62. The zero-order valence-corrected chi connectivity index (χ0v) is 16.6. The lowest BCUT2D eigenvalue weighted by molar-refractivity contribution is -0.321. The Morgan fingerprint density at radius 2 is 1.57 bits per heavy atom. The maximum Gasteiger partial charge on any atom is 0.434 e. The van der Waals surface area contributed by atoms with Gasteiger partial charge < -0.3 is 19.5 Å². The van der Waals surface area contributed by atoms with Gasteiger partial charge in [0.1, 0.15) is 5.84 Å². The predicted molar refractivity (Wildman–Crippen MR) is 88.7 cm³/mol. The summed E-state index contributed by atoms with van der Waals surface area (Å²) >= 11 is 0. The number of alkyl halides is 6. The molecule has 0 aromatic rings. The molecule has 0 aliphatic carbocycles. The van der Waals surface area contributed by atoms with Crippen LogP contribution in [0.5, 0.6) is 0 Å². The minimum Gasteiger partial charge on any atom is -0.359 e. The van der Waals surface area contributed by atoms with Crippen LogP contribution >= 0.6 is 7.60 Å². The molecular weight excluding hydrogens is 419 g/mol. The molecule has 1 heterocycles. The van der Waals surface area contributed by atoms with E-state index < -0.39 is 49.4 Å². The summed E-state index contributed by atoms with van der Waals surface area (Å²) in [6.07, 6.45) is -14.8.